The Morgan fingerprint density at radius 2 is 2.38 bits per heavy atom. The molecule has 1 amide bonds. The van der Waals surface area contributed by atoms with E-state index in [9.17, 15) is 14.4 Å². The Balaban J connectivity index is 2.03. The van der Waals surface area contributed by atoms with E-state index in [0.29, 0.717) is 47.2 Å². The molecule has 0 radical (unpaired) electrons. The summed E-state index contributed by atoms with van der Waals surface area (Å²) in [6, 6.07) is 4.81. The molecule has 0 bridgehead atoms. The highest BCUT2D eigenvalue weighted by Gasteiger charge is 2.27. The molecule has 1 unspecified atom stereocenters. The van der Waals surface area contributed by atoms with Gasteiger partial charge in [-0.3, -0.25) is 9.78 Å². The van der Waals surface area contributed by atoms with Crippen molar-refractivity contribution in [2.75, 3.05) is 24.6 Å². The number of anilines is 1. The molecule has 24 heavy (non-hydrogen) atoms. The van der Waals surface area contributed by atoms with E-state index in [1.807, 2.05) is 4.90 Å². The first kappa shape index (κ1) is 16.1. The minimum Gasteiger partial charge on any atom is -0.387 e. The van der Waals surface area contributed by atoms with Gasteiger partial charge in [-0.1, -0.05) is 0 Å². The van der Waals surface area contributed by atoms with Crippen LogP contribution in [-0.2, 0) is 4.79 Å². The molecule has 124 valence electrons. The van der Waals surface area contributed by atoms with Crippen molar-refractivity contribution in [1.82, 2.24) is 10.3 Å². The van der Waals surface area contributed by atoms with Gasteiger partial charge < -0.3 is 15.3 Å². The van der Waals surface area contributed by atoms with Crippen molar-refractivity contribution in [1.29, 1.82) is 5.26 Å². The highest BCUT2D eigenvalue weighted by Crippen LogP contribution is 2.33. The number of benzene rings is 1. The molecule has 0 spiro atoms. The van der Waals surface area contributed by atoms with Crippen LogP contribution in [0.2, 0.25) is 0 Å². The molecule has 1 aromatic carbocycles. The molecule has 3 rings (SSSR count). The van der Waals surface area contributed by atoms with Gasteiger partial charge in [-0.05, 0) is 31.0 Å². The molecule has 0 saturated carbocycles. The standard InChI is InChI=1S/C17H17FN4O2/c1-10-4-12(18)5-14-16(10)20-7-11(6-19)17(14)22-3-2-13(8-22)21-15(24)9-23/h4-5,7,13,23H,2-3,8-9H2,1H3,(H,21,24). The largest absolute Gasteiger partial charge is 0.387 e. The quantitative estimate of drug-likeness (QED) is 0.885. The van der Waals surface area contributed by atoms with E-state index in [-0.39, 0.29) is 11.9 Å². The fourth-order valence-corrected chi connectivity index (χ4v) is 3.20. The van der Waals surface area contributed by atoms with Crippen molar-refractivity contribution < 1.29 is 14.3 Å². The number of amides is 1. The molecule has 1 atom stereocenters. The van der Waals surface area contributed by atoms with Gasteiger partial charge in [-0.25, -0.2) is 4.39 Å². The van der Waals surface area contributed by atoms with E-state index in [1.165, 1.54) is 18.3 Å². The number of rotatable bonds is 3. The first-order valence-corrected chi connectivity index (χ1v) is 7.67. The highest BCUT2D eigenvalue weighted by atomic mass is 19.1. The molecule has 2 N–H and O–H groups in total. The molecule has 1 aliphatic heterocycles. The summed E-state index contributed by atoms with van der Waals surface area (Å²) in [6.07, 6.45) is 2.19. The van der Waals surface area contributed by atoms with Crippen molar-refractivity contribution >= 4 is 22.5 Å². The number of nitrogens with one attached hydrogen (secondary N) is 1. The normalized spacial score (nSPS) is 17.1. The molecule has 1 saturated heterocycles. The lowest BCUT2D eigenvalue weighted by molar-refractivity contribution is -0.124. The number of pyridine rings is 1. The molecule has 1 aliphatic rings. The molecular weight excluding hydrogens is 311 g/mol. The minimum absolute atomic E-state index is 0.117. The van der Waals surface area contributed by atoms with E-state index < -0.39 is 12.5 Å². The number of aromatic nitrogens is 1. The first-order valence-electron chi connectivity index (χ1n) is 7.67. The lowest BCUT2D eigenvalue weighted by atomic mass is 10.1. The Hall–Kier alpha value is -2.72. The average molecular weight is 328 g/mol. The van der Waals surface area contributed by atoms with Gasteiger partial charge in [0.2, 0.25) is 5.91 Å². The van der Waals surface area contributed by atoms with Crippen molar-refractivity contribution in [3.05, 3.63) is 35.3 Å². The number of nitriles is 1. The van der Waals surface area contributed by atoms with Crippen LogP contribution in [0.25, 0.3) is 10.9 Å². The first-order chi connectivity index (χ1) is 11.5. The van der Waals surface area contributed by atoms with Crippen LogP contribution in [0.4, 0.5) is 10.1 Å². The number of hydrogen-bond acceptors (Lipinski definition) is 5. The zero-order valence-corrected chi connectivity index (χ0v) is 13.2. The smallest absolute Gasteiger partial charge is 0.245 e. The van der Waals surface area contributed by atoms with E-state index >= 15 is 0 Å². The van der Waals surface area contributed by atoms with E-state index in [4.69, 9.17) is 5.11 Å². The number of fused-ring (bicyclic) bond motifs is 1. The number of hydrogen-bond donors (Lipinski definition) is 2. The molecule has 2 aromatic rings. The van der Waals surface area contributed by atoms with Crippen molar-refractivity contribution in [3.8, 4) is 6.07 Å². The summed E-state index contributed by atoms with van der Waals surface area (Å²) in [7, 11) is 0. The number of aliphatic hydroxyl groups excluding tert-OH is 1. The molecule has 2 heterocycles. The monoisotopic (exact) mass is 328 g/mol. The number of carbonyl (C=O) groups excluding carboxylic acids is 1. The summed E-state index contributed by atoms with van der Waals surface area (Å²) in [5.74, 6) is -0.800. The maximum absolute atomic E-state index is 13.9. The number of nitrogens with zero attached hydrogens (tertiary/aromatic N) is 3. The predicted octanol–water partition coefficient (Wildman–Crippen LogP) is 1.24. The summed E-state index contributed by atoms with van der Waals surface area (Å²) in [6.45, 7) is 2.35. The maximum atomic E-state index is 13.9. The van der Waals surface area contributed by atoms with Crippen molar-refractivity contribution in [2.45, 2.75) is 19.4 Å². The number of aliphatic hydroxyl groups is 1. The van der Waals surface area contributed by atoms with Crippen LogP contribution in [0.15, 0.2) is 18.3 Å². The lowest BCUT2D eigenvalue weighted by Crippen LogP contribution is -2.38. The van der Waals surface area contributed by atoms with E-state index in [1.54, 1.807) is 6.92 Å². The lowest BCUT2D eigenvalue weighted by Gasteiger charge is -2.22. The third kappa shape index (κ3) is 2.88. The summed E-state index contributed by atoms with van der Waals surface area (Å²) in [5, 5.41) is 21.6. The molecular formula is C17H17FN4O2. The van der Waals surface area contributed by atoms with E-state index in [2.05, 4.69) is 16.4 Å². The number of carbonyl (C=O) groups is 1. The summed E-state index contributed by atoms with van der Waals surface area (Å²) in [4.78, 5) is 17.6. The highest BCUT2D eigenvalue weighted by molar-refractivity contribution is 5.96. The zero-order valence-electron chi connectivity index (χ0n) is 13.2. The third-order valence-electron chi connectivity index (χ3n) is 4.23. The second-order valence-electron chi connectivity index (χ2n) is 5.91. The Bertz CT molecular complexity index is 847. The van der Waals surface area contributed by atoms with Gasteiger partial charge in [-0.2, -0.15) is 5.26 Å². The SMILES string of the molecule is Cc1cc(F)cc2c(N3CCC(NC(=O)CO)C3)c(C#N)cnc12. The van der Waals surface area contributed by atoms with Crippen LogP contribution in [0.3, 0.4) is 0 Å². The Kier molecular flexibility index (Phi) is 4.32. The summed E-state index contributed by atoms with van der Waals surface area (Å²) in [5.41, 5.74) is 2.39. The van der Waals surface area contributed by atoms with Gasteiger partial charge in [0.25, 0.3) is 0 Å². The van der Waals surface area contributed by atoms with Crippen molar-refractivity contribution in [2.24, 2.45) is 0 Å². The maximum Gasteiger partial charge on any atom is 0.245 e. The fourth-order valence-electron chi connectivity index (χ4n) is 3.20. The van der Waals surface area contributed by atoms with Gasteiger partial charge in [0.05, 0.1) is 16.8 Å². The van der Waals surface area contributed by atoms with Gasteiger partial charge in [-0.15, -0.1) is 0 Å². The van der Waals surface area contributed by atoms with E-state index in [0.717, 1.165) is 0 Å². The van der Waals surface area contributed by atoms with Crippen LogP contribution in [-0.4, -0.2) is 41.7 Å². The third-order valence-corrected chi connectivity index (χ3v) is 4.23. The number of halogens is 1. The molecule has 1 aromatic heterocycles. The minimum atomic E-state index is -0.553. The summed E-state index contributed by atoms with van der Waals surface area (Å²) < 4.78 is 13.9. The Morgan fingerprint density at radius 3 is 3.08 bits per heavy atom. The topological polar surface area (TPSA) is 89.3 Å². The molecule has 0 aliphatic carbocycles. The predicted molar refractivity (Wildman–Crippen MR) is 87.0 cm³/mol. The van der Waals surface area contributed by atoms with Gasteiger partial charge in [0.15, 0.2) is 0 Å². The van der Waals surface area contributed by atoms with Crippen LogP contribution in [0, 0.1) is 24.1 Å². The van der Waals surface area contributed by atoms with Crippen molar-refractivity contribution in [3.63, 3.8) is 0 Å². The van der Waals surface area contributed by atoms with Gasteiger partial charge in [0, 0.05) is 30.7 Å². The second-order valence-corrected chi connectivity index (χ2v) is 5.91. The second kappa shape index (κ2) is 6.42. The molecule has 6 nitrogen and oxygen atoms in total. The van der Waals surface area contributed by atoms with Crippen LogP contribution < -0.4 is 10.2 Å². The Labute approximate surface area is 138 Å². The zero-order chi connectivity index (χ0) is 17.3. The van der Waals surface area contributed by atoms with Crippen LogP contribution in [0.5, 0.6) is 0 Å². The van der Waals surface area contributed by atoms with Crippen LogP contribution in [0.1, 0.15) is 17.5 Å². The number of aryl methyl sites for hydroxylation is 1. The van der Waals surface area contributed by atoms with Gasteiger partial charge >= 0.3 is 0 Å². The fraction of sp³-hybridized carbons (Fsp3) is 0.353. The average Bonchev–Trinajstić information content (AvgIpc) is 3.01. The molecule has 7 heteroatoms. The molecule has 1 fully saturated rings. The Morgan fingerprint density at radius 1 is 1.58 bits per heavy atom. The van der Waals surface area contributed by atoms with Crippen LogP contribution >= 0.6 is 0 Å². The van der Waals surface area contributed by atoms with Gasteiger partial charge in [0.1, 0.15) is 18.5 Å². The summed E-state index contributed by atoms with van der Waals surface area (Å²) >= 11 is 0.